The molecule has 0 spiro atoms. The molecule has 20 heavy (non-hydrogen) atoms. The number of aryl methyl sites for hydroxylation is 2. The van der Waals surface area contributed by atoms with Crippen LogP contribution >= 0.6 is 0 Å². The summed E-state index contributed by atoms with van der Waals surface area (Å²) in [6.07, 6.45) is 1.05. The molecule has 0 bridgehead atoms. The minimum atomic E-state index is 0.00551. The van der Waals surface area contributed by atoms with Gasteiger partial charge < -0.3 is 11.1 Å². The molecule has 0 aliphatic carbocycles. The summed E-state index contributed by atoms with van der Waals surface area (Å²) in [5.74, 6) is 0.545. The third-order valence-corrected chi connectivity index (χ3v) is 4.24. The van der Waals surface area contributed by atoms with E-state index in [1.807, 2.05) is 20.9 Å². The van der Waals surface area contributed by atoms with Crippen molar-refractivity contribution in [1.29, 1.82) is 0 Å². The van der Waals surface area contributed by atoms with Crippen LogP contribution in [0.5, 0.6) is 0 Å². The third-order valence-electron chi connectivity index (χ3n) is 4.24. The average molecular weight is 279 g/mol. The number of nitrogens with zero attached hydrogens (tertiary/aromatic N) is 3. The number of nitrogens with one attached hydrogen (secondary N) is 1. The van der Waals surface area contributed by atoms with E-state index in [9.17, 15) is 4.79 Å². The Morgan fingerprint density at radius 2 is 2.20 bits per heavy atom. The van der Waals surface area contributed by atoms with E-state index in [2.05, 4.69) is 22.2 Å². The normalized spacial score (nSPS) is 23.9. The van der Waals surface area contributed by atoms with Crippen molar-refractivity contribution in [3.63, 3.8) is 0 Å². The zero-order valence-corrected chi connectivity index (χ0v) is 12.8. The molecule has 2 heterocycles. The fourth-order valence-corrected chi connectivity index (χ4v) is 2.65. The van der Waals surface area contributed by atoms with Gasteiger partial charge in [0.05, 0.1) is 23.6 Å². The highest BCUT2D eigenvalue weighted by atomic mass is 16.2. The maximum Gasteiger partial charge on any atom is 0.238 e. The van der Waals surface area contributed by atoms with Gasteiger partial charge in [-0.1, -0.05) is 6.92 Å². The SMILES string of the molecule is Cc1nn(C)c(C)c1NC(=O)CN1CCC(C)C(N)C1. The second-order valence-electron chi connectivity index (χ2n) is 5.88. The van der Waals surface area contributed by atoms with Gasteiger partial charge in [0.25, 0.3) is 0 Å². The molecule has 112 valence electrons. The molecule has 3 N–H and O–H groups in total. The number of carbonyl (C=O) groups is 1. The van der Waals surface area contributed by atoms with Crippen LogP contribution in [-0.2, 0) is 11.8 Å². The summed E-state index contributed by atoms with van der Waals surface area (Å²) in [7, 11) is 1.88. The number of hydrogen-bond acceptors (Lipinski definition) is 4. The van der Waals surface area contributed by atoms with E-state index in [1.165, 1.54) is 0 Å². The highest BCUT2D eigenvalue weighted by Gasteiger charge is 2.24. The van der Waals surface area contributed by atoms with Gasteiger partial charge in [0, 0.05) is 19.6 Å². The molecule has 1 aromatic heterocycles. The lowest BCUT2D eigenvalue weighted by molar-refractivity contribution is -0.117. The van der Waals surface area contributed by atoms with Gasteiger partial charge in [-0.2, -0.15) is 5.10 Å². The van der Waals surface area contributed by atoms with Gasteiger partial charge in [-0.3, -0.25) is 14.4 Å². The van der Waals surface area contributed by atoms with E-state index in [1.54, 1.807) is 4.68 Å². The summed E-state index contributed by atoms with van der Waals surface area (Å²) in [6.45, 7) is 8.15. The summed E-state index contributed by atoms with van der Waals surface area (Å²) >= 11 is 0. The molecule has 2 unspecified atom stereocenters. The Labute approximate surface area is 120 Å². The van der Waals surface area contributed by atoms with Crippen molar-refractivity contribution in [3.8, 4) is 0 Å². The van der Waals surface area contributed by atoms with Crippen LogP contribution in [0.25, 0.3) is 0 Å². The molecule has 1 aromatic rings. The molecule has 6 heteroatoms. The predicted molar refractivity (Wildman–Crippen MR) is 79.5 cm³/mol. The van der Waals surface area contributed by atoms with Gasteiger partial charge in [0.1, 0.15) is 0 Å². The number of aromatic nitrogens is 2. The van der Waals surface area contributed by atoms with Gasteiger partial charge >= 0.3 is 0 Å². The standard InChI is InChI=1S/C14H25N5O/c1-9-5-6-19(7-12(9)15)8-13(20)16-14-10(2)17-18(4)11(14)3/h9,12H,5-8,15H2,1-4H3,(H,16,20). The Kier molecular flexibility index (Phi) is 4.45. The first-order chi connectivity index (χ1) is 9.38. The summed E-state index contributed by atoms with van der Waals surface area (Å²) in [5.41, 5.74) is 8.71. The Balaban J connectivity index is 1.93. The first-order valence-electron chi connectivity index (χ1n) is 7.16. The van der Waals surface area contributed by atoms with Gasteiger partial charge in [-0.25, -0.2) is 0 Å². The van der Waals surface area contributed by atoms with Gasteiger partial charge in [0.15, 0.2) is 0 Å². The maximum absolute atomic E-state index is 12.2. The Hall–Kier alpha value is -1.40. The molecule has 1 aliphatic rings. The van der Waals surface area contributed by atoms with Gasteiger partial charge in [-0.05, 0) is 32.7 Å². The number of carbonyl (C=O) groups excluding carboxylic acids is 1. The molecule has 1 aliphatic heterocycles. The number of likely N-dealkylation sites (tertiary alicyclic amines) is 1. The molecule has 0 saturated carbocycles. The van der Waals surface area contributed by atoms with Crippen molar-refractivity contribution in [1.82, 2.24) is 14.7 Å². The van der Waals surface area contributed by atoms with Crippen LogP contribution in [0.4, 0.5) is 5.69 Å². The highest BCUT2D eigenvalue weighted by Crippen LogP contribution is 2.19. The van der Waals surface area contributed by atoms with E-state index < -0.39 is 0 Å². The lowest BCUT2D eigenvalue weighted by Crippen LogP contribution is -2.49. The minimum Gasteiger partial charge on any atom is -0.326 e. The Morgan fingerprint density at radius 1 is 1.50 bits per heavy atom. The molecule has 0 aromatic carbocycles. The number of hydrogen-bond donors (Lipinski definition) is 2. The van der Waals surface area contributed by atoms with E-state index in [4.69, 9.17) is 5.73 Å². The fraction of sp³-hybridized carbons (Fsp3) is 0.714. The molecular weight excluding hydrogens is 254 g/mol. The number of piperidine rings is 1. The smallest absolute Gasteiger partial charge is 0.238 e. The van der Waals surface area contributed by atoms with Crippen LogP contribution in [0, 0.1) is 19.8 Å². The second-order valence-corrected chi connectivity index (χ2v) is 5.88. The molecule has 6 nitrogen and oxygen atoms in total. The number of rotatable bonds is 3. The predicted octanol–water partition coefficient (Wildman–Crippen LogP) is 0.645. The van der Waals surface area contributed by atoms with Crippen LogP contribution < -0.4 is 11.1 Å². The summed E-state index contributed by atoms with van der Waals surface area (Å²) in [5, 5.41) is 7.27. The fourth-order valence-electron chi connectivity index (χ4n) is 2.65. The Morgan fingerprint density at radius 3 is 2.75 bits per heavy atom. The Bertz CT molecular complexity index is 496. The number of nitrogens with two attached hydrogens (primary N) is 1. The van der Waals surface area contributed by atoms with E-state index in [0.29, 0.717) is 12.5 Å². The van der Waals surface area contributed by atoms with Crippen molar-refractivity contribution in [2.45, 2.75) is 33.2 Å². The van der Waals surface area contributed by atoms with E-state index in [0.717, 1.165) is 36.6 Å². The third kappa shape index (κ3) is 3.19. The zero-order chi connectivity index (χ0) is 14.9. The van der Waals surface area contributed by atoms with Crippen molar-refractivity contribution in [2.24, 2.45) is 18.7 Å². The second kappa shape index (κ2) is 5.93. The van der Waals surface area contributed by atoms with E-state index >= 15 is 0 Å². The molecule has 0 radical (unpaired) electrons. The molecule has 1 saturated heterocycles. The molecule has 1 fully saturated rings. The summed E-state index contributed by atoms with van der Waals surface area (Å²) in [6, 6.07) is 0.165. The van der Waals surface area contributed by atoms with Crippen LogP contribution in [-0.4, -0.2) is 46.3 Å². The first-order valence-corrected chi connectivity index (χ1v) is 7.16. The lowest BCUT2D eigenvalue weighted by atomic mass is 9.94. The van der Waals surface area contributed by atoms with Crippen molar-refractivity contribution in [2.75, 3.05) is 25.0 Å². The molecular formula is C14H25N5O. The van der Waals surface area contributed by atoms with Crippen LogP contribution in [0.1, 0.15) is 24.7 Å². The van der Waals surface area contributed by atoms with Crippen LogP contribution in [0.15, 0.2) is 0 Å². The van der Waals surface area contributed by atoms with Crippen LogP contribution in [0.2, 0.25) is 0 Å². The number of amides is 1. The topological polar surface area (TPSA) is 76.2 Å². The highest BCUT2D eigenvalue weighted by molar-refractivity contribution is 5.93. The summed E-state index contributed by atoms with van der Waals surface area (Å²) in [4.78, 5) is 14.3. The number of anilines is 1. The average Bonchev–Trinajstić information content (AvgIpc) is 2.61. The molecule has 2 rings (SSSR count). The van der Waals surface area contributed by atoms with Gasteiger partial charge in [-0.15, -0.1) is 0 Å². The van der Waals surface area contributed by atoms with Crippen molar-refractivity contribution < 1.29 is 4.79 Å². The monoisotopic (exact) mass is 279 g/mol. The minimum absolute atomic E-state index is 0.00551. The molecule has 2 atom stereocenters. The first kappa shape index (κ1) is 15.0. The quantitative estimate of drug-likeness (QED) is 0.851. The van der Waals surface area contributed by atoms with Gasteiger partial charge in [0.2, 0.25) is 5.91 Å². The zero-order valence-electron chi connectivity index (χ0n) is 12.8. The molecule has 1 amide bonds. The van der Waals surface area contributed by atoms with Crippen LogP contribution in [0.3, 0.4) is 0 Å². The van der Waals surface area contributed by atoms with E-state index in [-0.39, 0.29) is 11.9 Å². The van der Waals surface area contributed by atoms with Crippen molar-refractivity contribution >= 4 is 11.6 Å². The van der Waals surface area contributed by atoms with Crippen molar-refractivity contribution in [3.05, 3.63) is 11.4 Å². The summed E-state index contributed by atoms with van der Waals surface area (Å²) < 4.78 is 1.78. The maximum atomic E-state index is 12.2. The largest absolute Gasteiger partial charge is 0.326 e. The lowest BCUT2D eigenvalue weighted by Gasteiger charge is -2.34.